The molecule has 0 amide bonds. The van der Waals surface area contributed by atoms with Gasteiger partial charge >= 0.3 is 0 Å². The average Bonchev–Trinajstić information content (AvgIpc) is 3.18. The molecule has 0 aliphatic rings. The molecule has 0 fully saturated rings. The van der Waals surface area contributed by atoms with Gasteiger partial charge in [0.1, 0.15) is 6.04 Å². The van der Waals surface area contributed by atoms with Crippen LogP contribution in [-0.4, -0.2) is 10.2 Å². The molecule has 0 radical (unpaired) electrons. The number of aromatic nitrogens is 2. The van der Waals surface area contributed by atoms with E-state index in [1.807, 2.05) is 72.8 Å². The zero-order valence-electron chi connectivity index (χ0n) is 14.1. The minimum Gasteiger partial charge on any atom is -0.418 e. The van der Waals surface area contributed by atoms with E-state index in [0.29, 0.717) is 27.4 Å². The van der Waals surface area contributed by atoms with Gasteiger partial charge in [-0.15, -0.1) is 10.2 Å². The molecule has 4 aromatic rings. The molecule has 4 rings (SSSR count). The van der Waals surface area contributed by atoms with Crippen molar-refractivity contribution < 1.29 is 4.42 Å². The van der Waals surface area contributed by atoms with Gasteiger partial charge in [-0.25, -0.2) is 0 Å². The Morgan fingerprint density at radius 1 is 0.778 bits per heavy atom. The van der Waals surface area contributed by atoms with Crippen LogP contribution in [0.4, 0.5) is 5.69 Å². The average molecular weight is 396 g/mol. The van der Waals surface area contributed by atoms with Gasteiger partial charge in [-0.2, -0.15) is 0 Å². The van der Waals surface area contributed by atoms with Crippen molar-refractivity contribution in [2.45, 2.75) is 6.04 Å². The van der Waals surface area contributed by atoms with Crippen LogP contribution < -0.4 is 5.32 Å². The number of anilines is 1. The monoisotopic (exact) mass is 395 g/mol. The van der Waals surface area contributed by atoms with E-state index in [2.05, 4.69) is 15.5 Å². The Bertz CT molecular complexity index is 1030. The molecule has 6 heteroatoms. The summed E-state index contributed by atoms with van der Waals surface area (Å²) >= 11 is 12.2. The number of hydrogen-bond acceptors (Lipinski definition) is 4. The maximum absolute atomic E-state index is 6.25. The summed E-state index contributed by atoms with van der Waals surface area (Å²) in [5.74, 6) is 0.834. The lowest BCUT2D eigenvalue weighted by Crippen LogP contribution is -2.12. The molecule has 0 aliphatic heterocycles. The first-order chi connectivity index (χ1) is 13.2. The van der Waals surface area contributed by atoms with Gasteiger partial charge in [0.2, 0.25) is 11.8 Å². The normalized spacial score (nSPS) is 11.9. The van der Waals surface area contributed by atoms with E-state index in [-0.39, 0.29) is 6.04 Å². The Balaban J connectivity index is 1.71. The van der Waals surface area contributed by atoms with E-state index in [4.69, 9.17) is 27.6 Å². The first-order valence-corrected chi connectivity index (χ1v) is 9.11. The van der Waals surface area contributed by atoms with Crippen molar-refractivity contribution in [2.75, 3.05) is 5.32 Å². The Kier molecular flexibility index (Phi) is 5.10. The molecule has 0 aliphatic carbocycles. The van der Waals surface area contributed by atoms with Crippen molar-refractivity contribution in [3.05, 3.63) is 100 Å². The van der Waals surface area contributed by atoms with E-state index >= 15 is 0 Å². The molecule has 1 heterocycles. The fraction of sp³-hybridized carbons (Fsp3) is 0.0476. The Hall–Kier alpha value is -2.82. The van der Waals surface area contributed by atoms with Gasteiger partial charge in [0.05, 0.1) is 10.6 Å². The summed E-state index contributed by atoms with van der Waals surface area (Å²) in [5, 5.41) is 13.1. The Morgan fingerprint density at radius 3 is 2.22 bits per heavy atom. The van der Waals surface area contributed by atoms with Gasteiger partial charge in [-0.05, 0) is 42.0 Å². The van der Waals surface area contributed by atoms with E-state index in [0.717, 1.165) is 11.3 Å². The highest BCUT2D eigenvalue weighted by atomic mass is 35.5. The van der Waals surface area contributed by atoms with Crippen LogP contribution in [-0.2, 0) is 0 Å². The lowest BCUT2D eigenvalue weighted by atomic mass is 10.1. The maximum Gasteiger partial charge on any atom is 0.249 e. The van der Waals surface area contributed by atoms with Crippen LogP contribution in [0.5, 0.6) is 0 Å². The number of nitrogens with one attached hydrogen (secondary N) is 1. The lowest BCUT2D eigenvalue weighted by Gasteiger charge is -2.17. The van der Waals surface area contributed by atoms with Gasteiger partial charge in [0.15, 0.2) is 0 Å². The number of benzene rings is 3. The zero-order chi connectivity index (χ0) is 18.6. The van der Waals surface area contributed by atoms with Crippen molar-refractivity contribution in [2.24, 2.45) is 0 Å². The number of rotatable bonds is 5. The largest absolute Gasteiger partial charge is 0.418 e. The third-order valence-corrected chi connectivity index (χ3v) is 4.66. The first-order valence-electron chi connectivity index (χ1n) is 8.36. The van der Waals surface area contributed by atoms with E-state index in [1.54, 1.807) is 6.07 Å². The summed E-state index contributed by atoms with van der Waals surface area (Å²) in [4.78, 5) is 0. The minimum absolute atomic E-state index is 0.309. The molecule has 0 spiro atoms. The van der Waals surface area contributed by atoms with E-state index in [9.17, 15) is 0 Å². The third-order valence-electron chi connectivity index (χ3n) is 4.08. The van der Waals surface area contributed by atoms with Crippen molar-refractivity contribution >= 4 is 28.9 Å². The fourth-order valence-corrected chi connectivity index (χ4v) is 3.08. The lowest BCUT2D eigenvalue weighted by molar-refractivity contribution is 0.494. The number of hydrogen-bond donors (Lipinski definition) is 1. The quantitative estimate of drug-likeness (QED) is 0.434. The van der Waals surface area contributed by atoms with Gasteiger partial charge in [0.25, 0.3) is 0 Å². The van der Waals surface area contributed by atoms with Crippen molar-refractivity contribution in [1.82, 2.24) is 10.2 Å². The molecular weight excluding hydrogens is 381 g/mol. The Labute approximate surface area is 166 Å². The van der Waals surface area contributed by atoms with Gasteiger partial charge in [-0.1, -0.05) is 65.7 Å². The smallest absolute Gasteiger partial charge is 0.249 e. The summed E-state index contributed by atoms with van der Waals surface area (Å²) in [5.41, 5.74) is 2.60. The molecule has 134 valence electrons. The van der Waals surface area contributed by atoms with Crippen LogP contribution in [0.25, 0.3) is 11.5 Å². The molecular formula is C21H15Cl2N3O. The van der Waals surface area contributed by atoms with Crippen LogP contribution in [0, 0.1) is 0 Å². The first kappa shape index (κ1) is 17.6. The molecule has 4 nitrogen and oxygen atoms in total. The van der Waals surface area contributed by atoms with Crippen molar-refractivity contribution in [3.63, 3.8) is 0 Å². The van der Waals surface area contributed by atoms with E-state index in [1.165, 1.54) is 0 Å². The van der Waals surface area contributed by atoms with Gasteiger partial charge in [-0.3, -0.25) is 0 Å². The van der Waals surface area contributed by atoms with Crippen LogP contribution in [0.3, 0.4) is 0 Å². The van der Waals surface area contributed by atoms with Crippen LogP contribution in [0.15, 0.2) is 83.3 Å². The van der Waals surface area contributed by atoms with Crippen LogP contribution in [0.1, 0.15) is 17.5 Å². The van der Waals surface area contributed by atoms with Crippen LogP contribution >= 0.6 is 23.2 Å². The highest BCUT2D eigenvalue weighted by molar-refractivity contribution is 6.33. The number of nitrogens with zero attached hydrogens (tertiary/aromatic N) is 2. The van der Waals surface area contributed by atoms with Crippen molar-refractivity contribution in [3.8, 4) is 11.5 Å². The van der Waals surface area contributed by atoms with Gasteiger partial charge in [0, 0.05) is 10.7 Å². The molecule has 0 saturated heterocycles. The summed E-state index contributed by atoms with van der Waals surface area (Å²) in [6.45, 7) is 0. The summed E-state index contributed by atoms with van der Waals surface area (Å²) in [6, 6.07) is 24.5. The van der Waals surface area contributed by atoms with Crippen molar-refractivity contribution in [1.29, 1.82) is 0 Å². The fourth-order valence-electron chi connectivity index (χ4n) is 2.74. The Morgan fingerprint density at radius 2 is 1.48 bits per heavy atom. The second-order valence-electron chi connectivity index (χ2n) is 5.92. The molecule has 0 saturated carbocycles. The zero-order valence-corrected chi connectivity index (χ0v) is 15.7. The molecule has 1 atom stereocenters. The standard InChI is InChI=1S/C21H15Cl2N3O/c22-15-10-12-16(13-11-15)24-19(14-6-2-1-3-7-14)21-26-25-20(27-21)17-8-4-5-9-18(17)23/h1-13,19,24H. The maximum atomic E-state index is 6.25. The topological polar surface area (TPSA) is 51.0 Å². The van der Waals surface area contributed by atoms with E-state index < -0.39 is 0 Å². The molecule has 1 aromatic heterocycles. The summed E-state index contributed by atoms with van der Waals surface area (Å²) in [6.07, 6.45) is 0. The molecule has 27 heavy (non-hydrogen) atoms. The van der Waals surface area contributed by atoms with Gasteiger partial charge < -0.3 is 9.73 Å². The second kappa shape index (κ2) is 7.82. The number of halogens is 2. The van der Waals surface area contributed by atoms with Crippen LogP contribution in [0.2, 0.25) is 10.0 Å². The molecule has 1 N–H and O–H groups in total. The molecule has 1 unspecified atom stereocenters. The highest BCUT2D eigenvalue weighted by Gasteiger charge is 2.22. The highest BCUT2D eigenvalue weighted by Crippen LogP contribution is 2.31. The predicted molar refractivity (Wildman–Crippen MR) is 108 cm³/mol. The third kappa shape index (κ3) is 3.97. The molecule has 0 bridgehead atoms. The predicted octanol–water partition coefficient (Wildman–Crippen LogP) is 6.24. The SMILES string of the molecule is Clc1ccc(NC(c2ccccc2)c2nnc(-c3ccccc3Cl)o2)cc1. The molecule has 3 aromatic carbocycles. The summed E-state index contributed by atoms with van der Waals surface area (Å²) in [7, 11) is 0. The second-order valence-corrected chi connectivity index (χ2v) is 6.76. The summed E-state index contributed by atoms with van der Waals surface area (Å²) < 4.78 is 5.97. The minimum atomic E-state index is -0.309.